The van der Waals surface area contributed by atoms with Gasteiger partial charge >= 0.3 is 6.18 Å². The van der Waals surface area contributed by atoms with E-state index in [1.54, 1.807) is 7.11 Å². The van der Waals surface area contributed by atoms with Gasteiger partial charge in [0, 0.05) is 24.7 Å². The van der Waals surface area contributed by atoms with E-state index in [4.69, 9.17) is 4.74 Å². The number of hydrogen-bond acceptors (Lipinski definition) is 5. The number of carbonyl (C=O) groups excluding carboxylic acids is 1. The molecule has 0 spiro atoms. The van der Waals surface area contributed by atoms with Gasteiger partial charge in [-0.05, 0) is 49.2 Å². The minimum absolute atomic E-state index is 0.226. The van der Waals surface area contributed by atoms with Crippen molar-refractivity contribution in [2.75, 3.05) is 30.4 Å². The second kappa shape index (κ2) is 9.48. The molecular weight excluding hydrogens is 433 g/mol. The standard InChI is InChI=1S/C24H23F3N4O2/c1-33-18-10-8-16(9-11-18)21-13-22(29-15-28-21)31-12-4-5-17(14-31)23(32)30-20-7-3-2-6-19(20)24(25,26)27/h2-3,6-11,13,15,17H,4-5,12,14H2,1H3,(H,30,32). The second-order valence-electron chi connectivity index (χ2n) is 7.81. The Labute approximate surface area is 189 Å². The first kappa shape index (κ1) is 22.6. The smallest absolute Gasteiger partial charge is 0.418 e. The average Bonchev–Trinajstić information content (AvgIpc) is 2.84. The Morgan fingerprint density at radius 1 is 1.12 bits per heavy atom. The lowest BCUT2D eigenvalue weighted by molar-refractivity contribution is -0.137. The molecule has 2 aromatic carbocycles. The van der Waals surface area contributed by atoms with Gasteiger partial charge in [0.05, 0.1) is 30.0 Å². The van der Waals surface area contributed by atoms with E-state index in [0.29, 0.717) is 25.3 Å². The number of anilines is 2. The maximum atomic E-state index is 13.3. The molecule has 0 bridgehead atoms. The number of rotatable bonds is 5. The molecule has 172 valence electrons. The Bertz CT molecular complexity index is 1120. The third-order valence-electron chi connectivity index (χ3n) is 5.64. The molecule has 4 rings (SSSR count). The summed E-state index contributed by atoms with van der Waals surface area (Å²) in [4.78, 5) is 23.5. The number of nitrogens with zero attached hydrogens (tertiary/aromatic N) is 3. The van der Waals surface area contributed by atoms with Crippen molar-refractivity contribution < 1.29 is 22.7 Å². The number of aromatic nitrogens is 2. The summed E-state index contributed by atoms with van der Waals surface area (Å²) < 4.78 is 45.0. The van der Waals surface area contributed by atoms with Gasteiger partial charge in [0.15, 0.2) is 0 Å². The second-order valence-corrected chi connectivity index (χ2v) is 7.81. The van der Waals surface area contributed by atoms with Crippen LogP contribution in [0.2, 0.25) is 0 Å². The summed E-state index contributed by atoms with van der Waals surface area (Å²) in [6.45, 7) is 1.06. The zero-order chi connectivity index (χ0) is 23.4. The number of carbonyl (C=O) groups is 1. The van der Waals surface area contributed by atoms with E-state index >= 15 is 0 Å². The van der Waals surface area contributed by atoms with Crippen LogP contribution in [-0.2, 0) is 11.0 Å². The molecule has 1 N–H and O–H groups in total. The fraction of sp³-hybridized carbons (Fsp3) is 0.292. The Morgan fingerprint density at radius 2 is 1.88 bits per heavy atom. The summed E-state index contributed by atoms with van der Waals surface area (Å²) in [5.41, 5.74) is 0.546. The maximum absolute atomic E-state index is 13.3. The lowest BCUT2D eigenvalue weighted by Gasteiger charge is -2.33. The van der Waals surface area contributed by atoms with Crippen molar-refractivity contribution in [3.05, 3.63) is 66.5 Å². The Hall–Kier alpha value is -3.62. The van der Waals surface area contributed by atoms with Crippen LogP contribution in [0.3, 0.4) is 0 Å². The van der Waals surface area contributed by atoms with Crippen LogP contribution in [-0.4, -0.2) is 36.1 Å². The number of halogens is 3. The molecule has 0 aliphatic carbocycles. The molecule has 0 saturated carbocycles. The summed E-state index contributed by atoms with van der Waals surface area (Å²) in [6, 6.07) is 14.3. The molecule has 1 atom stereocenters. The van der Waals surface area contributed by atoms with E-state index in [2.05, 4.69) is 15.3 Å². The van der Waals surface area contributed by atoms with Crippen molar-refractivity contribution in [3.8, 4) is 17.0 Å². The highest BCUT2D eigenvalue weighted by Gasteiger charge is 2.34. The van der Waals surface area contributed by atoms with Gasteiger partial charge in [0.2, 0.25) is 5.91 Å². The fourth-order valence-electron chi connectivity index (χ4n) is 3.91. The molecule has 1 saturated heterocycles. The zero-order valence-corrected chi connectivity index (χ0v) is 18.0. The van der Waals surface area contributed by atoms with Gasteiger partial charge < -0.3 is 15.0 Å². The summed E-state index contributed by atoms with van der Waals surface area (Å²) in [5.74, 6) is 0.522. The topological polar surface area (TPSA) is 67.3 Å². The van der Waals surface area contributed by atoms with Gasteiger partial charge in [0.25, 0.3) is 0 Å². The van der Waals surface area contributed by atoms with Gasteiger partial charge in [-0.25, -0.2) is 9.97 Å². The molecule has 1 aliphatic rings. The SMILES string of the molecule is COc1ccc(-c2cc(N3CCCC(C(=O)Nc4ccccc4C(F)(F)F)C3)ncn2)cc1. The molecule has 1 aromatic heterocycles. The number of piperidine rings is 1. The van der Waals surface area contributed by atoms with Gasteiger partial charge in [-0.2, -0.15) is 13.2 Å². The van der Waals surface area contributed by atoms with Crippen LogP contribution in [0.5, 0.6) is 5.75 Å². The highest BCUT2D eigenvalue weighted by molar-refractivity contribution is 5.93. The number of para-hydroxylation sites is 1. The summed E-state index contributed by atoms with van der Waals surface area (Å²) in [6.07, 6.45) is -1.76. The van der Waals surface area contributed by atoms with Crippen LogP contribution in [0, 0.1) is 5.92 Å². The molecule has 1 fully saturated rings. The van der Waals surface area contributed by atoms with Gasteiger partial charge in [-0.1, -0.05) is 12.1 Å². The Morgan fingerprint density at radius 3 is 2.61 bits per heavy atom. The Balaban J connectivity index is 1.48. The van der Waals surface area contributed by atoms with Crippen molar-refractivity contribution in [1.82, 2.24) is 9.97 Å². The van der Waals surface area contributed by atoms with Gasteiger partial charge in [-0.15, -0.1) is 0 Å². The normalized spacial score (nSPS) is 16.4. The first-order valence-corrected chi connectivity index (χ1v) is 10.5. The number of amides is 1. The van der Waals surface area contributed by atoms with Crippen LogP contribution in [0.15, 0.2) is 60.9 Å². The first-order chi connectivity index (χ1) is 15.8. The molecular formula is C24H23F3N4O2. The summed E-state index contributed by atoms with van der Waals surface area (Å²) >= 11 is 0. The minimum atomic E-state index is -4.54. The third kappa shape index (κ3) is 5.24. The van der Waals surface area contributed by atoms with E-state index in [-0.39, 0.29) is 5.69 Å². The number of alkyl halides is 3. The summed E-state index contributed by atoms with van der Waals surface area (Å²) in [7, 11) is 1.60. The number of ether oxygens (including phenoxy) is 1. The predicted octanol–water partition coefficient (Wildman–Crippen LogP) is 5.03. The molecule has 1 unspecified atom stereocenters. The van der Waals surface area contributed by atoms with Crippen LogP contribution >= 0.6 is 0 Å². The third-order valence-corrected chi connectivity index (χ3v) is 5.64. The molecule has 1 aliphatic heterocycles. The van der Waals surface area contributed by atoms with Crippen molar-refractivity contribution in [3.63, 3.8) is 0 Å². The highest BCUT2D eigenvalue weighted by Crippen LogP contribution is 2.35. The zero-order valence-electron chi connectivity index (χ0n) is 18.0. The summed E-state index contributed by atoms with van der Waals surface area (Å²) in [5, 5.41) is 2.48. The van der Waals surface area contributed by atoms with Crippen molar-refractivity contribution >= 4 is 17.4 Å². The maximum Gasteiger partial charge on any atom is 0.418 e. The minimum Gasteiger partial charge on any atom is -0.497 e. The van der Waals surface area contributed by atoms with Crippen molar-refractivity contribution in [2.24, 2.45) is 5.92 Å². The van der Waals surface area contributed by atoms with Gasteiger partial charge in [-0.3, -0.25) is 4.79 Å². The molecule has 1 amide bonds. The van der Waals surface area contributed by atoms with E-state index in [1.165, 1.54) is 24.5 Å². The van der Waals surface area contributed by atoms with Crippen molar-refractivity contribution in [2.45, 2.75) is 19.0 Å². The quantitative estimate of drug-likeness (QED) is 0.584. The van der Waals surface area contributed by atoms with Crippen LogP contribution in [0.25, 0.3) is 11.3 Å². The molecule has 3 aromatic rings. The Kier molecular flexibility index (Phi) is 6.48. The van der Waals surface area contributed by atoms with Crippen LogP contribution in [0.4, 0.5) is 24.7 Å². The van der Waals surface area contributed by atoms with Crippen LogP contribution < -0.4 is 15.0 Å². The molecule has 9 heteroatoms. The largest absolute Gasteiger partial charge is 0.497 e. The van der Waals surface area contributed by atoms with E-state index in [1.807, 2.05) is 35.2 Å². The van der Waals surface area contributed by atoms with Gasteiger partial charge in [0.1, 0.15) is 17.9 Å². The van der Waals surface area contributed by atoms with E-state index < -0.39 is 23.6 Å². The number of hydrogen-bond donors (Lipinski definition) is 1. The number of nitrogens with one attached hydrogen (secondary N) is 1. The molecule has 6 nitrogen and oxygen atoms in total. The van der Waals surface area contributed by atoms with E-state index in [9.17, 15) is 18.0 Å². The van der Waals surface area contributed by atoms with E-state index in [0.717, 1.165) is 29.5 Å². The predicted molar refractivity (Wildman–Crippen MR) is 119 cm³/mol. The number of methoxy groups -OCH3 is 1. The van der Waals surface area contributed by atoms with Crippen LogP contribution in [0.1, 0.15) is 18.4 Å². The monoisotopic (exact) mass is 456 g/mol. The first-order valence-electron chi connectivity index (χ1n) is 10.5. The number of benzene rings is 2. The molecule has 0 radical (unpaired) electrons. The molecule has 2 heterocycles. The average molecular weight is 456 g/mol. The molecule has 33 heavy (non-hydrogen) atoms. The highest BCUT2D eigenvalue weighted by atomic mass is 19.4. The fourth-order valence-corrected chi connectivity index (χ4v) is 3.91. The lowest BCUT2D eigenvalue weighted by Crippen LogP contribution is -2.41. The lowest BCUT2D eigenvalue weighted by atomic mass is 9.96. The van der Waals surface area contributed by atoms with Crippen molar-refractivity contribution in [1.29, 1.82) is 0 Å².